The van der Waals surface area contributed by atoms with E-state index >= 15 is 0 Å². The molecular weight excluding hydrogens is 174 g/mol. The zero-order valence-corrected chi connectivity index (χ0v) is 8.59. The Morgan fingerprint density at radius 3 is 2.79 bits per heavy atom. The molecule has 3 heteroatoms. The summed E-state index contributed by atoms with van der Waals surface area (Å²) < 4.78 is 0. The molecule has 0 unspecified atom stereocenters. The molecule has 0 aromatic carbocycles. The van der Waals surface area contributed by atoms with E-state index in [-0.39, 0.29) is 0 Å². The number of hydrogen-bond acceptors (Lipinski definition) is 3. The summed E-state index contributed by atoms with van der Waals surface area (Å²) in [7, 11) is 0. The largest absolute Gasteiger partial charge is 0.381 e. The fourth-order valence-electron chi connectivity index (χ4n) is 1.76. The fraction of sp³-hybridized carbons (Fsp3) is 0.545. The highest BCUT2D eigenvalue weighted by atomic mass is 15.0. The minimum Gasteiger partial charge on any atom is -0.381 e. The smallest absolute Gasteiger partial charge is 0.0529 e. The van der Waals surface area contributed by atoms with Crippen LogP contribution >= 0.6 is 0 Å². The second-order valence-electron chi connectivity index (χ2n) is 3.86. The van der Waals surface area contributed by atoms with E-state index < -0.39 is 0 Å². The molecule has 3 nitrogen and oxygen atoms in total. The SMILES string of the molecule is Cc1ccc(NC2CCNCC2)cn1. The summed E-state index contributed by atoms with van der Waals surface area (Å²) in [6.07, 6.45) is 4.32. The fourth-order valence-corrected chi connectivity index (χ4v) is 1.76. The maximum Gasteiger partial charge on any atom is 0.0529 e. The molecule has 2 rings (SSSR count). The Hall–Kier alpha value is -1.09. The van der Waals surface area contributed by atoms with Crippen molar-refractivity contribution in [2.75, 3.05) is 18.4 Å². The molecule has 2 heterocycles. The molecule has 0 atom stereocenters. The van der Waals surface area contributed by atoms with Crippen LogP contribution in [0.25, 0.3) is 0 Å². The van der Waals surface area contributed by atoms with E-state index in [0.29, 0.717) is 6.04 Å². The Morgan fingerprint density at radius 2 is 2.14 bits per heavy atom. The first-order valence-corrected chi connectivity index (χ1v) is 5.24. The van der Waals surface area contributed by atoms with Gasteiger partial charge in [0.15, 0.2) is 0 Å². The van der Waals surface area contributed by atoms with Crippen LogP contribution in [0.15, 0.2) is 18.3 Å². The Morgan fingerprint density at radius 1 is 1.36 bits per heavy atom. The lowest BCUT2D eigenvalue weighted by Crippen LogP contribution is -2.35. The summed E-state index contributed by atoms with van der Waals surface area (Å²) in [4.78, 5) is 4.27. The Kier molecular flexibility index (Phi) is 2.99. The summed E-state index contributed by atoms with van der Waals surface area (Å²) in [5.41, 5.74) is 2.21. The maximum atomic E-state index is 4.27. The van der Waals surface area contributed by atoms with Crippen LogP contribution in [-0.4, -0.2) is 24.1 Å². The number of piperidine rings is 1. The molecule has 2 N–H and O–H groups in total. The number of pyridine rings is 1. The summed E-state index contributed by atoms with van der Waals surface area (Å²) in [6, 6.07) is 4.76. The third-order valence-corrected chi connectivity index (χ3v) is 2.62. The number of aromatic nitrogens is 1. The molecule has 1 saturated heterocycles. The van der Waals surface area contributed by atoms with Crippen LogP contribution in [0.5, 0.6) is 0 Å². The molecule has 1 fully saturated rings. The minimum atomic E-state index is 0.612. The van der Waals surface area contributed by atoms with Crippen molar-refractivity contribution in [3.05, 3.63) is 24.0 Å². The summed E-state index contributed by atoms with van der Waals surface area (Å²) in [5.74, 6) is 0. The topological polar surface area (TPSA) is 37.0 Å². The lowest BCUT2D eigenvalue weighted by molar-refractivity contribution is 0.479. The molecule has 1 aliphatic rings. The molecule has 0 spiro atoms. The van der Waals surface area contributed by atoms with Gasteiger partial charge in [0, 0.05) is 11.7 Å². The third-order valence-electron chi connectivity index (χ3n) is 2.62. The first kappa shape index (κ1) is 9.46. The maximum absolute atomic E-state index is 4.27. The average molecular weight is 191 g/mol. The Bertz CT molecular complexity index is 275. The number of nitrogens with one attached hydrogen (secondary N) is 2. The zero-order chi connectivity index (χ0) is 9.80. The standard InChI is InChI=1S/C11H17N3/c1-9-2-3-11(8-13-9)14-10-4-6-12-7-5-10/h2-3,8,10,12,14H,4-7H2,1H3. The first-order chi connectivity index (χ1) is 6.84. The van der Waals surface area contributed by atoms with Gasteiger partial charge in [0.2, 0.25) is 0 Å². The second-order valence-corrected chi connectivity index (χ2v) is 3.86. The van der Waals surface area contributed by atoms with Crippen molar-refractivity contribution in [2.24, 2.45) is 0 Å². The van der Waals surface area contributed by atoms with Crippen molar-refractivity contribution >= 4 is 5.69 Å². The number of nitrogens with zero attached hydrogens (tertiary/aromatic N) is 1. The molecule has 0 bridgehead atoms. The third kappa shape index (κ3) is 2.45. The van der Waals surface area contributed by atoms with Crippen LogP contribution in [-0.2, 0) is 0 Å². The highest BCUT2D eigenvalue weighted by molar-refractivity contribution is 5.41. The molecule has 0 amide bonds. The summed E-state index contributed by atoms with van der Waals surface area (Å²) in [6.45, 7) is 4.25. The van der Waals surface area contributed by atoms with Crippen LogP contribution < -0.4 is 10.6 Å². The molecule has 76 valence electrons. The van der Waals surface area contributed by atoms with Crippen molar-refractivity contribution in [1.82, 2.24) is 10.3 Å². The van der Waals surface area contributed by atoms with E-state index in [2.05, 4.69) is 21.7 Å². The summed E-state index contributed by atoms with van der Waals surface area (Å²) in [5, 5.41) is 6.86. The molecule has 0 radical (unpaired) electrons. The van der Waals surface area contributed by atoms with E-state index in [4.69, 9.17) is 0 Å². The van der Waals surface area contributed by atoms with Crippen molar-refractivity contribution in [3.8, 4) is 0 Å². The van der Waals surface area contributed by atoms with Crippen molar-refractivity contribution in [1.29, 1.82) is 0 Å². The molecule has 14 heavy (non-hydrogen) atoms. The Labute approximate surface area is 84.9 Å². The highest BCUT2D eigenvalue weighted by Crippen LogP contribution is 2.12. The number of hydrogen-bond donors (Lipinski definition) is 2. The molecule has 1 aromatic rings. The molecule has 0 saturated carbocycles. The second kappa shape index (κ2) is 4.42. The highest BCUT2D eigenvalue weighted by Gasteiger charge is 2.11. The van der Waals surface area contributed by atoms with Crippen LogP contribution in [0.4, 0.5) is 5.69 Å². The van der Waals surface area contributed by atoms with Gasteiger partial charge in [0.05, 0.1) is 11.9 Å². The van der Waals surface area contributed by atoms with Gasteiger partial charge in [0.25, 0.3) is 0 Å². The van der Waals surface area contributed by atoms with Gasteiger partial charge in [-0.05, 0) is 45.0 Å². The van der Waals surface area contributed by atoms with E-state index in [0.717, 1.165) is 24.5 Å². The van der Waals surface area contributed by atoms with E-state index in [1.54, 1.807) is 0 Å². The van der Waals surface area contributed by atoms with Gasteiger partial charge in [-0.25, -0.2) is 0 Å². The predicted molar refractivity (Wildman–Crippen MR) is 58.5 cm³/mol. The first-order valence-electron chi connectivity index (χ1n) is 5.24. The average Bonchev–Trinajstić information content (AvgIpc) is 2.23. The van der Waals surface area contributed by atoms with Gasteiger partial charge in [-0.3, -0.25) is 4.98 Å². The van der Waals surface area contributed by atoms with E-state index in [1.807, 2.05) is 19.2 Å². The quantitative estimate of drug-likeness (QED) is 0.744. The number of anilines is 1. The lowest BCUT2D eigenvalue weighted by Gasteiger charge is -2.24. The van der Waals surface area contributed by atoms with Crippen LogP contribution in [0, 0.1) is 6.92 Å². The van der Waals surface area contributed by atoms with Crippen LogP contribution in [0.2, 0.25) is 0 Å². The van der Waals surface area contributed by atoms with E-state index in [9.17, 15) is 0 Å². The van der Waals surface area contributed by atoms with E-state index in [1.165, 1.54) is 12.8 Å². The summed E-state index contributed by atoms with van der Waals surface area (Å²) >= 11 is 0. The van der Waals surface area contributed by atoms with Gasteiger partial charge in [-0.2, -0.15) is 0 Å². The zero-order valence-electron chi connectivity index (χ0n) is 8.59. The van der Waals surface area contributed by atoms with Crippen molar-refractivity contribution in [2.45, 2.75) is 25.8 Å². The van der Waals surface area contributed by atoms with Crippen molar-refractivity contribution < 1.29 is 0 Å². The predicted octanol–water partition coefficient (Wildman–Crippen LogP) is 1.55. The van der Waals surface area contributed by atoms with Crippen LogP contribution in [0.1, 0.15) is 18.5 Å². The lowest BCUT2D eigenvalue weighted by atomic mass is 10.1. The molecule has 0 aliphatic carbocycles. The van der Waals surface area contributed by atoms with Gasteiger partial charge >= 0.3 is 0 Å². The Balaban J connectivity index is 1.92. The normalized spacial score (nSPS) is 18.1. The number of rotatable bonds is 2. The van der Waals surface area contributed by atoms with Crippen molar-refractivity contribution in [3.63, 3.8) is 0 Å². The minimum absolute atomic E-state index is 0.612. The molecule has 1 aromatic heterocycles. The monoisotopic (exact) mass is 191 g/mol. The molecular formula is C11H17N3. The number of aryl methyl sites for hydroxylation is 1. The van der Waals surface area contributed by atoms with Gasteiger partial charge in [0.1, 0.15) is 0 Å². The molecule has 1 aliphatic heterocycles. The van der Waals surface area contributed by atoms with Gasteiger partial charge < -0.3 is 10.6 Å². The van der Waals surface area contributed by atoms with Crippen LogP contribution in [0.3, 0.4) is 0 Å². The van der Waals surface area contributed by atoms with Gasteiger partial charge in [-0.15, -0.1) is 0 Å². The van der Waals surface area contributed by atoms with Gasteiger partial charge in [-0.1, -0.05) is 0 Å².